The SMILES string of the molecule is Cc1cc(F)cc(Nc2ccc(C(N)=S)c(F)c2F)c1. The Morgan fingerprint density at radius 1 is 1.10 bits per heavy atom. The molecule has 0 saturated carbocycles. The van der Waals surface area contributed by atoms with E-state index in [4.69, 9.17) is 5.73 Å². The van der Waals surface area contributed by atoms with Crippen LogP contribution in [-0.4, -0.2) is 4.99 Å². The first kappa shape index (κ1) is 14.3. The first-order valence-corrected chi connectivity index (χ1v) is 6.11. The van der Waals surface area contributed by atoms with E-state index < -0.39 is 17.5 Å². The van der Waals surface area contributed by atoms with Crippen LogP contribution in [0.3, 0.4) is 0 Å². The summed E-state index contributed by atoms with van der Waals surface area (Å²) in [5.74, 6) is -2.71. The van der Waals surface area contributed by atoms with E-state index in [1.807, 2.05) is 0 Å². The van der Waals surface area contributed by atoms with E-state index in [0.717, 1.165) is 0 Å². The Hall–Kier alpha value is -2.08. The minimum atomic E-state index is -1.13. The molecule has 0 bridgehead atoms. The molecule has 2 rings (SSSR count). The Balaban J connectivity index is 2.39. The highest BCUT2D eigenvalue weighted by Crippen LogP contribution is 2.25. The predicted octanol–water partition coefficient (Wildman–Crippen LogP) is 3.79. The van der Waals surface area contributed by atoms with Gasteiger partial charge in [-0.2, -0.15) is 0 Å². The van der Waals surface area contributed by atoms with Crippen LogP contribution in [0.4, 0.5) is 24.5 Å². The molecule has 104 valence electrons. The van der Waals surface area contributed by atoms with Crippen LogP contribution in [-0.2, 0) is 0 Å². The highest BCUT2D eigenvalue weighted by atomic mass is 32.1. The van der Waals surface area contributed by atoms with Crippen molar-refractivity contribution in [3.63, 3.8) is 0 Å². The number of nitrogens with two attached hydrogens (primary N) is 1. The quantitative estimate of drug-likeness (QED) is 0.846. The van der Waals surface area contributed by atoms with E-state index in [2.05, 4.69) is 17.5 Å². The van der Waals surface area contributed by atoms with Crippen LogP contribution >= 0.6 is 12.2 Å². The number of nitrogens with one attached hydrogen (secondary N) is 1. The van der Waals surface area contributed by atoms with Gasteiger partial charge in [-0.25, -0.2) is 13.2 Å². The molecular weight excluding hydrogens is 285 g/mol. The Kier molecular flexibility index (Phi) is 3.94. The van der Waals surface area contributed by atoms with Gasteiger partial charge in [0.25, 0.3) is 0 Å². The Labute approximate surface area is 119 Å². The monoisotopic (exact) mass is 296 g/mol. The molecule has 0 heterocycles. The lowest BCUT2D eigenvalue weighted by atomic mass is 10.1. The lowest BCUT2D eigenvalue weighted by molar-refractivity contribution is 0.510. The lowest BCUT2D eigenvalue weighted by Crippen LogP contribution is -2.13. The van der Waals surface area contributed by atoms with Crippen LogP contribution in [0.25, 0.3) is 0 Å². The minimum Gasteiger partial charge on any atom is -0.389 e. The Morgan fingerprint density at radius 3 is 2.40 bits per heavy atom. The molecule has 0 spiro atoms. The number of rotatable bonds is 3. The normalized spacial score (nSPS) is 10.4. The summed E-state index contributed by atoms with van der Waals surface area (Å²) in [6.07, 6.45) is 0. The molecule has 20 heavy (non-hydrogen) atoms. The maximum absolute atomic E-state index is 13.9. The van der Waals surface area contributed by atoms with E-state index in [1.54, 1.807) is 13.0 Å². The van der Waals surface area contributed by atoms with E-state index in [9.17, 15) is 13.2 Å². The maximum atomic E-state index is 13.9. The number of hydrogen-bond donors (Lipinski definition) is 2. The maximum Gasteiger partial charge on any atom is 0.182 e. The van der Waals surface area contributed by atoms with E-state index in [0.29, 0.717) is 11.3 Å². The number of anilines is 2. The van der Waals surface area contributed by atoms with Crippen LogP contribution in [0.2, 0.25) is 0 Å². The van der Waals surface area contributed by atoms with Gasteiger partial charge in [0.2, 0.25) is 0 Å². The molecule has 0 unspecified atom stereocenters. The zero-order valence-corrected chi connectivity index (χ0v) is 11.3. The molecule has 0 aromatic heterocycles. The molecular formula is C14H11F3N2S. The zero-order valence-electron chi connectivity index (χ0n) is 10.5. The van der Waals surface area contributed by atoms with Crippen LogP contribution in [0, 0.1) is 24.4 Å². The summed E-state index contributed by atoms with van der Waals surface area (Å²) in [6, 6.07) is 6.70. The summed E-state index contributed by atoms with van der Waals surface area (Å²) in [6.45, 7) is 1.70. The number of thiocarbonyl (C=S) groups is 1. The zero-order chi connectivity index (χ0) is 14.9. The van der Waals surface area contributed by atoms with Crippen molar-refractivity contribution in [2.24, 2.45) is 5.73 Å². The highest BCUT2D eigenvalue weighted by Gasteiger charge is 2.15. The molecule has 0 radical (unpaired) electrons. The van der Waals surface area contributed by atoms with Gasteiger partial charge >= 0.3 is 0 Å². The molecule has 0 atom stereocenters. The van der Waals surface area contributed by atoms with Crippen molar-refractivity contribution in [1.82, 2.24) is 0 Å². The molecule has 3 N–H and O–H groups in total. The number of aryl methyl sites for hydroxylation is 1. The fourth-order valence-corrected chi connectivity index (χ4v) is 1.96. The number of halogens is 3. The second-order valence-corrected chi connectivity index (χ2v) is 4.73. The smallest absolute Gasteiger partial charge is 0.182 e. The summed E-state index contributed by atoms with van der Waals surface area (Å²) >= 11 is 4.62. The molecule has 0 amide bonds. The second-order valence-electron chi connectivity index (χ2n) is 4.30. The van der Waals surface area contributed by atoms with Gasteiger partial charge in [-0.05, 0) is 42.8 Å². The minimum absolute atomic E-state index is 0.118. The molecule has 0 aliphatic heterocycles. The van der Waals surface area contributed by atoms with Gasteiger partial charge in [-0.15, -0.1) is 0 Å². The topological polar surface area (TPSA) is 38.0 Å². The van der Waals surface area contributed by atoms with Gasteiger partial charge in [0, 0.05) is 11.3 Å². The molecule has 0 saturated heterocycles. The van der Waals surface area contributed by atoms with Crippen molar-refractivity contribution < 1.29 is 13.2 Å². The second kappa shape index (κ2) is 5.50. The summed E-state index contributed by atoms with van der Waals surface area (Å²) in [5.41, 5.74) is 5.98. The van der Waals surface area contributed by atoms with Crippen molar-refractivity contribution in [3.05, 3.63) is 58.9 Å². The Morgan fingerprint density at radius 2 is 1.80 bits per heavy atom. The van der Waals surface area contributed by atoms with Crippen molar-refractivity contribution in [2.75, 3.05) is 5.32 Å². The standard InChI is InChI=1S/C14H11F3N2S/c1-7-4-8(15)6-9(5-7)19-11-3-2-10(14(18)20)12(16)13(11)17/h2-6,19H,1H3,(H2,18,20). The van der Waals surface area contributed by atoms with Crippen molar-refractivity contribution >= 4 is 28.6 Å². The van der Waals surface area contributed by atoms with Gasteiger partial charge in [-0.3, -0.25) is 0 Å². The third-order valence-corrected chi connectivity index (χ3v) is 2.89. The van der Waals surface area contributed by atoms with Crippen molar-refractivity contribution in [2.45, 2.75) is 6.92 Å². The van der Waals surface area contributed by atoms with Crippen LogP contribution in [0.15, 0.2) is 30.3 Å². The molecule has 0 fully saturated rings. The van der Waals surface area contributed by atoms with Crippen LogP contribution < -0.4 is 11.1 Å². The molecule has 0 aliphatic carbocycles. The van der Waals surface area contributed by atoms with Crippen LogP contribution in [0.5, 0.6) is 0 Å². The molecule has 0 aliphatic rings. The van der Waals surface area contributed by atoms with Gasteiger partial charge in [-0.1, -0.05) is 12.2 Å². The lowest BCUT2D eigenvalue weighted by Gasteiger charge is -2.11. The first-order chi connectivity index (χ1) is 9.38. The van der Waals surface area contributed by atoms with Crippen molar-refractivity contribution in [1.29, 1.82) is 0 Å². The average molecular weight is 296 g/mol. The first-order valence-electron chi connectivity index (χ1n) is 5.70. The van der Waals surface area contributed by atoms with Gasteiger partial charge < -0.3 is 11.1 Å². The largest absolute Gasteiger partial charge is 0.389 e. The highest BCUT2D eigenvalue weighted by molar-refractivity contribution is 7.80. The summed E-state index contributed by atoms with van der Waals surface area (Å²) < 4.78 is 40.8. The summed E-state index contributed by atoms with van der Waals surface area (Å²) in [7, 11) is 0. The fourth-order valence-electron chi connectivity index (χ4n) is 1.80. The van der Waals surface area contributed by atoms with E-state index in [-0.39, 0.29) is 16.2 Å². The van der Waals surface area contributed by atoms with Gasteiger partial charge in [0.15, 0.2) is 11.6 Å². The van der Waals surface area contributed by atoms with Gasteiger partial charge in [0.05, 0.1) is 5.69 Å². The summed E-state index contributed by atoms with van der Waals surface area (Å²) in [5, 5.41) is 2.62. The molecule has 2 aromatic rings. The average Bonchev–Trinajstić information content (AvgIpc) is 2.33. The van der Waals surface area contributed by atoms with E-state index >= 15 is 0 Å². The van der Waals surface area contributed by atoms with Gasteiger partial charge in [0.1, 0.15) is 10.8 Å². The summed E-state index contributed by atoms with van der Waals surface area (Å²) in [4.78, 5) is -0.227. The number of benzene rings is 2. The number of hydrogen-bond acceptors (Lipinski definition) is 2. The predicted molar refractivity (Wildman–Crippen MR) is 76.7 cm³/mol. The van der Waals surface area contributed by atoms with E-state index in [1.165, 1.54) is 24.3 Å². The third-order valence-electron chi connectivity index (χ3n) is 2.67. The third kappa shape index (κ3) is 2.91. The molecule has 2 aromatic carbocycles. The van der Waals surface area contributed by atoms with Crippen molar-refractivity contribution in [3.8, 4) is 0 Å². The fraction of sp³-hybridized carbons (Fsp3) is 0.0714. The van der Waals surface area contributed by atoms with Crippen LogP contribution in [0.1, 0.15) is 11.1 Å². The molecule has 6 heteroatoms. The Bertz CT molecular complexity index is 666. The molecule has 2 nitrogen and oxygen atoms in total.